The topological polar surface area (TPSA) is 46.5 Å². The van der Waals surface area contributed by atoms with Crippen LogP contribution in [-0.4, -0.2) is 18.2 Å². The number of carbonyl (C=O) groups is 1. The van der Waals surface area contributed by atoms with Gasteiger partial charge in [-0.1, -0.05) is 24.3 Å². The molecule has 3 nitrogen and oxygen atoms in total. The molecule has 3 rings (SSSR count). The van der Waals surface area contributed by atoms with Crippen LogP contribution in [0.2, 0.25) is 0 Å². The van der Waals surface area contributed by atoms with Gasteiger partial charge in [-0.25, -0.2) is 0 Å². The quantitative estimate of drug-likeness (QED) is 0.831. The van der Waals surface area contributed by atoms with Crippen molar-refractivity contribution in [3.63, 3.8) is 0 Å². The van der Waals surface area contributed by atoms with Gasteiger partial charge in [-0.3, -0.25) is 4.79 Å². The van der Waals surface area contributed by atoms with Gasteiger partial charge in [-0.05, 0) is 36.0 Å². The Morgan fingerprint density at radius 1 is 1.33 bits per heavy atom. The van der Waals surface area contributed by atoms with Gasteiger partial charge in [-0.15, -0.1) is 0 Å². The average Bonchev–Trinajstić information content (AvgIpc) is 2.98. The van der Waals surface area contributed by atoms with Crippen LogP contribution in [-0.2, 0) is 4.79 Å². The van der Waals surface area contributed by atoms with Crippen LogP contribution in [0.5, 0.6) is 5.75 Å². The smallest absolute Gasteiger partial charge is 0.307 e. The first-order valence-electron chi connectivity index (χ1n) is 6.26. The van der Waals surface area contributed by atoms with Gasteiger partial charge in [0.2, 0.25) is 0 Å². The van der Waals surface area contributed by atoms with Gasteiger partial charge >= 0.3 is 5.97 Å². The standard InChI is InChI=1S/C15H16O3/c1-18-12-4-2-3-9(8-12)13-10-5-6-11(7-10)14(13)15(16)17/h2-6,8,10-11,13-14H,7H2,1H3,(H,16,17)/t10-,11+,13+,14+/m0/s1. The molecule has 3 heteroatoms. The molecule has 94 valence electrons. The molecule has 18 heavy (non-hydrogen) atoms. The molecule has 0 spiro atoms. The van der Waals surface area contributed by atoms with Gasteiger partial charge in [0, 0.05) is 5.92 Å². The largest absolute Gasteiger partial charge is 0.497 e. The number of ether oxygens (including phenoxy) is 1. The van der Waals surface area contributed by atoms with Gasteiger partial charge in [0.25, 0.3) is 0 Å². The Hall–Kier alpha value is -1.77. The zero-order valence-corrected chi connectivity index (χ0v) is 10.2. The summed E-state index contributed by atoms with van der Waals surface area (Å²) in [5.41, 5.74) is 1.08. The third-order valence-corrected chi connectivity index (χ3v) is 4.22. The zero-order valence-electron chi connectivity index (χ0n) is 10.2. The van der Waals surface area contributed by atoms with Crippen LogP contribution >= 0.6 is 0 Å². The molecule has 1 aromatic rings. The van der Waals surface area contributed by atoms with E-state index in [2.05, 4.69) is 12.2 Å². The normalized spacial score (nSPS) is 32.7. The second kappa shape index (κ2) is 4.16. The molecule has 2 aliphatic rings. The Morgan fingerprint density at radius 2 is 2.11 bits per heavy atom. The van der Waals surface area contributed by atoms with Gasteiger partial charge in [0.1, 0.15) is 5.75 Å². The fourth-order valence-corrected chi connectivity index (χ4v) is 3.46. The number of hydrogen-bond acceptors (Lipinski definition) is 2. The highest BCUT2D eigenvalue weighted by atomic mass is 16.5. The number of carboxylic acid groups (broad SMARTS) is 1. The maximum atomic E-state index is 11.5. The van der Waals surface area contributed by atoms with Crippen LogP contribution in [0.1, 0.15) is 17.9 Å². The summed E-state index contributed by atoms with van der Waals surface area (Å²) >= 11 is 0. The zero-order chi connectivity index (χ0) is 12.7. The number of fused-ring (bicyclic) bond motifs is 2. The maximum absolute atomic E-state index is 11.5. The molecule has 0 aliphatic heterocycles. The van der Waals surface area contributed by atoms with E-state index in [4.69, 9.17) is 4.74 Å². The van der Waals surface area contributed by atoms with Crippen molar-refractivity contribution in [3.8, 4) is 5.75 Å². The fourth-order valence-electron chi connectivity index (χ4n) is 3.46. The van der Waals surface area contributed by atoms with E-state index in [-0.39, 0.29) is 17.8 Å². The van der Waals surface area contributed by atoms with E-state index in [0.29, 0.717) is 5.92 Å². The van der Waals surface area contributed by atoms with Crippen molar-refractivity contribution in [1.82, 2.24) is 0 Å². The SMILES string of the molecule is COc1cccc([C@H]2[C@H](C(=O)O)[C@@H]3C=C[C@H]2C3)c1. The fraction of sp³-hybridized carbons (Fsp3) is 0.400. The molecular weight excluding hydrogens is 228 g/mol. The predicted octanol–water partition coefficient (Wildman–Crippen LogP) is 2.69. The molecule has 1 aromatic carbocycles. The molecule has 0 amide bonds. The predicted molar refractivity (Wildman–Crippen MR) is 67.6 cm³/mol. The van der Waals surface area contributed by atoms with Crippen LogP contribution in [0, 0.1) is 17.8 Å². The summed E-state index contributed by atoms with van der Waals surface area (Å²) in [6.45, 7) is 0. The van der Waals surface area contributed by atoms with E-state index in [0.717, 1.165) is 17.7 Å². The summed E-state index contributed by atoms with van der Waals surface area (Å²) in [5, 5.41) is 9.43. The van der Waals surface area contributed by atoms with Crippen molar-refractivity contribution in [2.75, 3.05) is 7.11 Å². The van der Waals surface area contributed by atoms with Crippen molar-refractivity contribution in [3.05, 3.63) is 42.0 Å². The summed E-state index contributed by atoms with van der Waals surface area (Å²) in [7, 11) is 1.63. The minimum Gasteiger partial charge on any atom is -0.497 e. The van der Waals surface area contributed by atoms with Gasteiger partial charge in [-0.2, -0.15) is 0 Å². The number of methoxy groups -OCH3 is 1. The molecular formula is C15H16O3. The van der Waals surface area contributed by atoms with E-state index in [1.165, 1.54) is 0 Å². The Labute approximate surface area is 106 Å². The van der Waals surface area contributed by atoms with Crippen LogP contribution in [0.3, 0.4) is 0 Å². The molecule has 2 aliphatic carbocycles. The molecule has 1 N–H and O–H groups in total. The average molecular weight is 244 g/mol. The molecule has 0 radical (unpaired) electrons. The first-order chi connectivity index (χ1) is 8.70. The number of rotatable bonds is 3. The number of benzene rings is 1. The lowest BCUT2D eigenvalue weighted by Crippen LogP contribution is -2.25. The Kier molecular flexibility index (Phi) is 2.62. The molecule has 1 saturated carbocycles. The third kappa shape index (κ3) is 1.62. The molecule has 4 atom stereocenters. The second-order valence-corrected chi connectivity index (χ2v) is 5.11. The maximum Gasteiger partial charge on any atom is 0.307 e. The summed E-state index contributed by atoms with van der Waals surface area (Å²) in [4.78, 5) is 11.5. The van der Waals surface area contributed by atoms with E-state index < -0.39 is 5.97 Å². The molecule has 2 bridgehead atoms. The van der Waals surface area contributed by atoms with Crippen LogP contribution in [0.25, 0.3) is 0 Å². The van der Waals surface area contributed by atoms with Gasteiger partial charge in [0.15, 0.2) is 0 Å². The lowest BCUT2D eigenvalue weighted by atomic mass is 9.78. The summed E-state index contributed by atoms with van der Waals surface area (Å²) in [6.07, 6.45) is 5.22. The molecule has 0 unspecified atom stereocenters. The van der Waals surface area contributed by atoms with E-state index in [1.807, 2.05) is 24.3 Å². The Morgan fingerprint density at radius 3 is 2.83 bits per heavy atom. The van der Waals surface area contributed by atoms with Crippen LogP contribution in [0.4, 0.5) is 0 Å². The molecule has 0 aromatic heterocycles. The number of carboxylic acids is 1. The Bertz CT molecular complexity index is 506. The van der Waals surface area contributed by atoms with E-state index in [9.17, 15) is 9.90 Å². The third-order valence-electron chi connectivity index (χ3n) is 4.22. The van der Waals surface area contributed by atoms with Crippen LogP contribution < -0.4 is 4.74 Å². The monoisotopic (exact) mass is 244 g/mol. The first-order valence-corrected chi connectivity index (χ1v) is 6.26. The van der Waals surface area contributed by atoms with E-state index >= 15 is 0 Å². The lowest BCUT2D eigenvalue weighted by Gasteiger charge is -2.25. The highest BCUT2D eigenvalue weighted by Gasteiger charge is 2.48. The van der Waals surface area contributed by atoms with Crippen molar-refractivity contribution in [2.24, 2.45) is 17.8 Å². The summed E-state index contributed by atoms with van der Waals surface area (Å²) in [6, 6.07) is 7.80. The minimum atomic E-state index is -0.681. The minimum absolute atomic E-state index is 0.0904. The Balaban J connectivity index is 1.99. The number of allylic oxidation sites excluding steroid dienone is 2. The first kappa shape index (κ1) is 11.3. The van der Waals surface area contributed by atoms with Crippen molar-refractivity contribution >= 4 is 5.97 Å². The molecule has 1 fully saturated rings. The number of hydrogen-bond donors (Lipinski definition) is 1. The van der Waals surface area contributed by atoms with Gasteiger partial charge < -0.3 is 9.84 Å². The van der Waals surface area contributed by atoms with Crippen molar-refractivity contribution < 1.29 is 14.6 Å². The van der Waals surface area contributed by atoms with Crippen LogP contribution in [0.15, 0.2) is 36.4 Å². The highest BCUT2D eigenvalue weighted by Crippen LogP contribution is 2.53. The lowest BCUT2D eigenvalue weighted by molar-refractivity contribution is -0.143. The number of aliphatic carboxylic acids is 1. The second-order valence-electron chi connectivity index (χ2n) is 5.11. The molecule has 0 saturated heterocycles. The summed E-state index contributed by atoms with van der Waals surface area (Å²) in [5.74, 6) is 0.481. The molecule has 0 heterocycles. The van der Waals surface area contributed by atoms with Crippen molar-refractivity contribution in [2.45, 2.75) is 12.3 Å². The van der Waals surface area contributed by atoms with E-state index in [1.54, 1.807) is 7.11 Å². The highest BCUT2D eigenvalue weighted by molar-refractivity contribution is 5.73. The van der Waals surface area contributed by atoms with Crippen molar-refractivity contribution in [1.29, 1.82) is 0 Å². The summed E-state index contributed by atoms with van der Waals surface area (Å²) < 4.78 is 5.22. The van der Waals surface area contributed by atoms with Gasteiger partial charge in [0.05, 0.1) is 13.0 Å².